The Kier molecular flexibility index (Phi) is 6.12. The number of fused-ring (bicyclic) bond motifs is 2. The number of hydrogen-bond acceptors (Lipinski definition) is 8. The molecule has 0 aliphatic carbocycles. The van der Waals surface area contributed by atoms with E-state index in [1.807, 2.05) is 37.6 Å². The van der Waals surface area contributed by atoms with E-state index < -0.39 is 5.41 Å². The fraction of sp³-hybridized carbons (Fsp3) is 0.393. The summed E-state index contributed by atoms with van der Waals surface area (Å²) < 4.78 is 15.0. The molecule has 2 aliphatic heterocycles. The fourth-order valence-electron chi connectivity index (χ4n) is 5.67. The van der Waals surface area contributed by atoms with E-state index in [0.717, 1.165) is 24.4 Å². The molecule has 4 aromatic rings. The number of anilines is 2. The number of nitrogens with one attached hydrogen (secondary N) is 1. The molecule has 3 aromatic heterocycles. The predicted octanol–water partition coefficient (Wildman–Crippen LogP) is 3.54. The van der Waals surface area contributed by atoms with Crippen LogP contribution >= 0.6 is 0 Å². The second-order valence-corrected chi connectivity index (χ2v) is 10.7. The first kappa shape index (κ1) is 25.7. The van der Waals surface area contributed by atoms with Crippen molar-refractivity contribution >= 4 is 29.2 Å². The Labute approximate surface area is 231 Å². The average molecular weight is 545 g/mol. The molecule has 6 rings (SSSR count). The molecule has 0 saturated carbocycles. The van der Waals surface area contributed by atoms with Crippen molar-refractivity contribution in [3.8, 4) is 17.0 Å². The van der Waals surface area contributed by atoms with Crippen molar-refractivity contribution in [2.45, 2.75) is 45.1 Å². The van der Waals surface area contributed by atoms with Gasteiger partial charge in [0, 0.05) is 54.3 Å². The average Bonchev–Trinajstić information content (AvgIpc) is 3.60. The number of rotatable bonds is 6. The summed E-state index contributed by atoms with van der Waals surface area (Å²) >= 11 is 0. The maximum atomic E-state index is 13.1. The van der Waals surface area contributed by atoms with Crippen molar-refractivity contribution in [3.63, 3.8) is 0 Å². The molecule has 40 heavy (non-hydrogen) atoms. The Morgan fingerprint density at radius 2 is 2.15 bits per heavy atom. The number of aromatic nitrogens is 5. The van der Waals surface area contributed by atoms with Gasteiger partial charge in [0.1, 0.15) is 35.2 Å². The molecular weight excluding hydrogens is 512 g/mol. The van der Waals surface area contributed by atoms with Crippen molar-refractivity contribution < 1.29 is 19.1 Å². The van der Waals surface area contributed by atoms with Crippen LogP contribution < -0.4 is 15.8 Å². The summed E-state index contributed by atoms with van der Waals surface area (Å²) in [6, 6.07) is 7.15. The normalized spacial score (nSPS) is 20.4. The van der Waals surface area contributed by atoms with Gasteiger partial charge in [-0.15, -0.1) is 0 Å². The highest BCUT2D eigenvalue weighted by molar-refractivity contribution is 6.04. The van der Waals surface area contributed by atoms with E-state index in [-0.39, 0.29) is 18.0 Å². The second kappa shape index (κ2) is 9.54. The molecule has 12 heteroatoms. The van der Waals surface area contributed by atoms with Crippen molar-refractivity contribution in [2.24, 2.45) is 7.05 Å². The fourth-order valence-corrected chi connectivity index (χ4v) is 5.67. The first-order valence-corrected chi connectivity index (χ1v) is 13.3. The van der Waals surface area contributed by atoms with Gasteiger partial charge in [-0.1, -0.05) is 6.92 Å². The van der Waals surface area contributed by atoms with Gasteiger partial charge in [-0.05, 0) is 44.9 Å². The van der Waals surface area contributed by atoms with Crippen LogP contribution in [0.25, 0.3) is 16.8 Å². The topological polar surface area (TPSA) is 142 Å². The number of nitrogen functional groups attached to an aromatic ring is 1. The number of hydrogen-bond donors (Lipinski definition) is 2. The summed E-state index contributed by atoms with van der Waals surface area (Å²) in [5.74, 6) is 1.77. The number of amides is 2. The second-order valence-electron chi connectivity index (χ2n) is 10.7. The Balaban J connectivity index is 1.42. The number of imidazole rings is 1. The van der Waals surface area contributed by atoms with Gasteiger partial charge in [-0.3, -0.25) is 13.9 Å². The molecule has 12 nitrogen and oxygen atoms in total. The molecule has 2 saturated heterocycles. The summed E-state index contributed by atoms with van der Waals surface area (Å²) in [7, 11) is 1.82. The number of carbonyl (C=O) groups excluding carboxylic acids is 2. The minimum absolute atomic E-state index is 0.0938. The maximum Gasteiger partial charge on any atom is 0.410 e. The minimum Gasteiger partial charge on any atom is -0.493 e. The standard InChI is InChI=1S/C28H32N8O4/c1-5-39-20-13-17(25(37)31-21-12-16(2)34(4)33-21)6-7-19(20)22-23-24(29)30-10-11-35(23)26(32-22)28(3)9-8-18-14-40-27(38)36(18)15-28/h6-7,10-13,18H,5,8-9,14-15H2,1-4H3,(H2,29,30)(H,31,33,37)/t18-,28+/m1/s1. The van der Waals surface area contributed by atoms with Gasteiger partial charge in [0.2, 0.25) is 0 Å². The number of benzene rings is 1. The number of piperidine rings is 1. The summed E-state index contributed by atoms with van der Waals surface area (Å²) in [6.07, 6.45) is 4.85. The quantitative estimate of drug-likeness (QED) is 0.375. The molecule has 0 bridgehead atoms. The van der Waals surface area contributed by atoms with Crippen LogP contribution in [0.4, 0.5) is 16.4 Å². The van der Waals surface area contributed by atoms with Crippen LogP contribution in [0.1, 0.15) is 48.6 Å². The molecule has 0 radical (unpaired) electrons. The first-order chi connectivity index (χ1) is 19.2. The van der Waals surface area contributed by atoms with Crippen LogP contribution in [0, 0.1) is 6.92 Å². The lowest BCUT2D eigenvalue weighted by Crippen LogP contribution is -2.49. The van der Waals surface area contributed by atoms with E-state index >= 15 is 0 Å². The lowest BCUT2D eigenvalue weighted by Gasteiger charge is -2.39. The van der Waals surface area contributed by atoms with Gasteiger partial charge >= 0.3 is 6.09 Å². The minimum atomic E-state index is -0.443. The number of carbonyl (C=O) groups is 2. The number of aryl methyl sites for hydroxylation is 2. The maximum absolute atomic E-state index is 13.1. The van der Waals surface area contributed by atoms with Gasteiger partial charge in [-0.2, -0.15) is 5.10 Å². The molecule has 3 N–H and O–H groups in total. The zero-order valence-corrected chi connectivity index (χ0v) is 23.0. The number of ether oxygens (including phenoxy) is 2. The van der Waals surface area contributed by atoms with E-state index in [0.29, 0.717) is 59.5 Å². The predicted molar refractivity (Wildman–Crippen MR) is 148 cm³/mol. The van der Waals surface area contributed by atoms with E-state index in [2.05, 4.69) is 22.3 Å². The molecular formula is C28H32N8O4. The first-order valence-electron chi connectivity index (χ1n) is 13.3. The third kappa shape index (κ3) is 4.19. The molecule has 0 unspecified atom stereocenters. The van der Waals surface area contributed by atoms with E-state index in [4.69, 9.17) is 20.2 Å². The third-order valence-corrected chi connectivity index (χ3v) is 7.90. The van der Waals surface area contributed by atoms with Crippen LogP contribution in [0.3, 0.4) is 0 Å². The van der Waals surface area contributed by atoms with E-state index in [1.165, 1.54) is 0 Å². The number of cyclic esters (lactones) is 1. The van der Waals surface area contributed by atoms with Gasteiger partial charge in [-0.25, -0.2) is 14.8 Å². The van der Waals surface area contributed by atoms with E-state index in [9.17, 15) is 9.59 Å². The Bertz CT molecular complexity index is 1620. The van der Waals surface area contributed by atoms with Crippen LogP contribution in [0.15, 0.2) is 36.7 Å². The smallest absolute Gasteiger partial charge is 0.410 e. The van der Waals surface area contributed by atoms with Crippen LogP contribution in [-0.4, -0.2) is 66.8 Å². The Morgan fingerprint density at radius 3 is 2.90 bits per heavy atom. The highest BCUT2D eigenvalue weighted by Gasteiger charge is 2.46. The Morgan fingerprint density at radius 1 is 1.32 bits per heavy atom. The highest BCUT2D eigenvalue weighted by atomic mass is 16.6. The number of nitrogens with two attached hydrogens (primary N) is 1. The van der Waals surface area contributed by atoms with Crippen molar-refractivity contribution in [2.75, 3.05) is 30.8 Å². The van der Waals surface area contributed by atoms with Crippen LogP contribution in [0.2, 0.25) is 0 Å². The lowest BCUT2D eigenvalue weighted by molar-refractivity contribution is 0.102. The number of nitrogens with zero attached hydrogens (tertiary/aromatic N) is 6. The summed E-state index contributed by atoms with van der Waals surface area (Å²) in [5, 5.41) is 7.15. The summed E-state index contributed by atoms with van der Waals surface area (Å²) in [5.41, 5.74) is 9.26. The molecule has 208 valence electrons. The third-order valence-electron chi connectivity index (χ3n) is 7.90. The summed E-state index contributed by atoms with van der Waals surface area (Å²) in [6.45, 7) is 7.21. The highest BCUT2D eigenvalue weighted by Crippen LogP contribution is 2.42. The zero-order chi connectivity index (χ0) is 28.2. The summed E-state index contributed by atoms with van der Waals surface area (Å²) in [4.78, 5) is 36.7. The van der Waals surface area contributed by atoms with Crippen LogP contribution in [0.5, 0.6) is 5.75 Å². The Hall–Kier alpha value is -4.61. The molecule has 2 atom stereocenters. The van der Waals surface area contributed by atoms with Gasteiger partial charge in [0.25, 0.3) is 5.91 Å². The molecule has 2 amide bonds. The van der Waals surface area contributed by atoms with Crippen molar-refractivity contribution in [1.29, 1.82) is 0 Å². The SMILES string of the molecule is CCOc1cc(C(=O)Nc2cc(C)n(C)n2)ccc1-c1nc([C@@]2(C)CC[C@@H]3COC(=O)N3C2)n2ccnc(N)c12. The van der Waals surface area contributed by atoms with Gasteiger partial charge in [0.05, 0.1) is 12.6 Å². The van der Waals surface area contributed by atoms with Gasteiger partial charge in [0.15, 0.2) is 5.82 Å². The largest absolute Gasteiger partial charge is 0.493 e. The van der Waals surface area contributed by atoms with Crippen molar-refractivity contribution in [1.82, 2.24) is 29.0 Å². The monoisotopic (exact) mass is 544 g/mol. The molecule has 2 fully saturated rings. The zero-order valence-electron chi connectivity index (χ0n) is 23.0. The van der Waals surface area contributed by atoms with Crippen LogP contribution in [-0.2, 0) is 17.2 Å². The molecule has 5 heterocycles. The molecule has 1 aromatic carbocycles. The van der Waals surface area contributed by atoms with Gasteiger partial charge < -0.3 is 25.4 Å². The molecule has 2 aliphatic rings. The van der Waals surface area contributed by atoms with Crippen molar-refractivity contribution in [3.05, 3.63) is 53.7 Å². The van der Waals surface area contributed by atoms with E-state index in [1.54, 1.807) is 34.0 Å². The molecule has 0 spiro atoms. The lowest BCUT2D eigenvalue weighted by atomic mass is 9.79.